The van der Waals surface area contributed by atoms with Crippen molar-refractivity contribution < 1.29 is 9.59 Å². The number of imide groups is 1. The number of piperazine rings is 1. The third-order valence-electron chi connectivity index (χ3n) is 2.65. The maximum absolute atomic E-state index is 11.2. The zero-order valence-corrected chi connectivity index (χ0v) is 6.80. The quantitative estimate of drug-likeness (QED) is 0.514. The van der Waals surface area contributed by atoms with Crippen LogP contribution in [0, 0.1) is 5.92 Å². The minimum atomic E-state index is -0.212. The van der Waals surface area contributed by atoms with Gasteiger partial charge in [-0.2, -0.15) is 0 Å². The van der Waals surface area contributed by atoms with Gasteiger partial charge < -0.3 is 0 Å². The molecule has 0 spiro atoms. The highest BCUT2D eigenvalue weighted by Crippen LogP contribution is 2.30. The maximum Gasteiger partial charge on any atom is 0.244 e. The summed E-state index contributed by atoms with van der Waals surface area (Å²) in [6.07, 6.45) is 3.43. The first kappa shape index (κ1) is 7.73. The van der Waals surface area contributed by atoms with Gasteiger partial charge in [0.05, 0.1) is 12.6 Å². The molecule has 2 rings (SSSR count). The lowest BCUT2D eigenvalue weighted by molar-refractivity contribution is -0.135. The van der Waals surface area contributed by atoms with Gasteiger partial charge in [0.1, 0.15) is 0 Å². The third kappa shape index (κ3) is 1.22. The smallest absolute Gasteiger partial charge is 0.244 e. The molecule has 1 saturated carbocycles. The van der Waals surface area contributed by atoms with E-state index < -0.39 is 0 Å². The zero-order valence-electron chi connectivity index (χ0n) is 6.80. The van der Waals surface area contributed by atoms with E-state index in [2.05, 4.69) is 10.6 Å². The molecule has 1 saturated heterocycles. The van der Waals surface area contributed by atoms with Crippen LogP contribution < -0.4 is 10.6 Å². The first-order valence-corrected chi connectivity index (χ1v) is 4.34. The van der Waals surface area contributed by atoms with Crippen molar-refractivity contribution in [3.63, 3.8) is 0 Å². The van der Waals surface area contributed by atoms with E-state index in [4.69, 9.17) is 0 Å². The van der Waals surface area contributed by atoms with Crippen LogP contribution in [0.1, 0.15) is 19.3 Å². The number of carbonyl (C=O) groups excluding carboxylic acids is 2. The van der Waals surface area contributed by atoms with Gasteiger partial charge in [0.2, 0.25) is 11.8 Å². The van der Waals surface area contributed by atoms with Gasteiger partial charge in [0.15, 0.2) is 0 Å². The molecule has 1 atom stereocenters. The van der Waals surface area contributed by atoms with Crippen molar-refractivity contribution in [2.45, 2.75) is 25.3 Å². The van der Waals surface area contributed by atoms with Crippen LogP contribution in [0.4, 0.5) is 0 Å². The van der Waals surface area contributed by atoms with Crippen molar-refractivity contribution in [2.75, 3.05) is 6.54 Å². The Morgan fingerprint density at radius 3 is 2.50 bits per heavy atom. The Hall–Kier alpha value is -0.900. The molecule has 66 valence electrons. The van der Waals surface area contributed by atoms with Gasteiger partial charge in [-0.3, -0.25) is 20.2 Å². The summed E-state index contributed by atoms with van der Waals surface area (Å²) in [7, 11) is 0. The highest BCUT2D eigenvalue weighted by atomic mass is 16.2. The molecule has 2 aliphatic rings. The molecular weight excluding hydrogens is 156 g/mol. The van der Waals surface area contributed by atoms with Gasteiger partial charge in [-0.1, -0.05) is 6.42 Å². The van der Waals surface area contributed by atoms with Gasteiger partial charge in [-0.15, -0.1) is 0 Å². The fourth-order valence-electron chi connectivity index (χ4n) is 1.71. The molecule has 2 amide bonds. The Morgan fingerprint density at radius 1 is 1.25 bits per heavy atom. The van der Waals surface area contributed by atoms with E-state index in [9.17, 15) is 9.59 Å². The highest BCUT2D eigenvalue weighted by molar-refractivity contribution is 6.01. The molecule has 0 aromatic rings. The zero-order chi connectivity index (χ0) is 8.55. The average Bonchev–Trinajstić information content (AvgIpc) is 1.91. The van der Waals surface area contributed by atoms with Crippen LogP contribution in [0.5, 0.6) is 0 Å². The van der Waals surface area contributed by atoms with E-state index in [-0.39, 0.29) is 24.4 Å². The van der Waals surface area contributed by atoms with Gasteiger partial charge >= 0.3 is 0 Å². The minimum Gasteiger partial charge on any atom is -0.297 e. The topological polar surface area (TPSA) is 58.2 Å². The van der Waals surface area contributed by atoms with Gasteiger partial charge in [-0.05, 0) is 18.8 Å². The molecule has 0 radical (unpaired) electrons. The number of hydrogen-bond acceptors (Lipinski definition) is 3. The molecule has 1 aliphatic carbocycles. The number of nitrogens with one attached hydrogen (secondary N) is 2. The van der Waals surface area contributed by atoms with Crippen molar-refractivity contribution in [2.24, 2.45) is 5.92 Å². The second kappa shape index (κ2) is 2.86. The lowest BCUT2D eigenvalue weighted by Gasteiger charge is -2.35. The summed E-state index contributed by atoms with van der Waals surface area (Å²) in [5.41, 5.74) is 0. The number of hydrogen-bond donors (Lipinski definition) is 2. The second-order valence-corrected chi connectivity index (χ2v) is 3.46. The molecule has 1 heterocycles. The summed E-state index contributed by atoms with van der Waals surface area (Å²) < 4.78 is 0. The monoisotopic (exact) mass is 168 g/mol. The van der Waals surface area contributed by atoms with Crippen molar-refractivity contribution in [3.8, 4) is 0 Å². The van der Waals surface area contributed by atoms with Crippen LogP contribution in [0.25, 0.3) is 0 Å². The molecule has 1 unspecified atom stereocenters. The highest BCUT2D eigenvalue weighted by Gasteiger charge is 2.35. The van der Waals surface area contributed by atoms with Crippen LogP contribution >= 0.6 is 0 Å². The molecule has 12 heavy (non-hydrogen) atoms. The van der Waals surface area contributed by atoms with Crippen LogP contribution in [0.2, 0.25) is 0 Å². The van der Waals surface area contributed by atoms with Crippen LogP contribution in [-0.2, 0) is 9.59 Å². The number of rotatable bonds is 1. The maximum atomic E-state index is 11.2. The van der Waals surface area contributed by atoms with E-state index in [0.717, 1.165) is 12.8 Å². The van der Waals surface area contributed by atoms with Crippen molar-refractivity contribution in [3.05, 3.63) is 0 Å². The average molecular weight is 168 g/mol. The first-order chi connectivity index (χ1) is 5.77. The van der Waals surface area contributed by atoms with Gasteiger partial charge in [-0.25, -0.2) is 0 Å². The van der Waals surface area contributed by atoms with Gasteiger partial charge in [0.25, 0.3) is 0 Å². The van der Waals surface area contributed by atoms with Crippen LogP contribution in [-0.4, -0.2) is 24.4 Å². The van der Waals surface area contributed by atoms with E-state index in [1.165, 1.54) is 6.42 Å². The SMILES string of the molecule is O=C1CNC(C2CCC2)C(=O)N1. The standard InChI is InChI=1S/C8H12N2O2/c11-6-4-9-7(8(12)10-6)5-2-1-3-5/h5,7,9H,1-4H2,(H,10,11,12). The Kier molecular flexibility index (Phi) is 1.84. The lowest BCUT2D eigenvalue weighted by Crippen LogP contribution is -2.59. The predicted octanol–water partition coefficient (Wildman–Crippen LogP) is -0.599. The Morgan fingerprint density at radius 2 is 2.00 bits per heavy atom. The van der Waals surface area contributed by atoms with Crippen molar-refractivity contribution in [1.29, 1.82) is 0 Å². The molecule has 0 aromatic carbocycles. The molecule has 0 aromatic heterocycles. The Labute approximate surface area is 70.7 Å². The molecule has 2 fully saturated rings. The number of carbonyl (C=O) groups is 2. The number of amides is 2. The molecular formula is C8H12N2O2. The van der Waals surface area contributed by atoms with E-state index in [0.29, 0.717) is 5.92 Å². The molecule has 4 nitrogen and oxygen atoms in total. The largest absolute Gasteiger partial charge is 0.297 e. The minimum absolute atomic E-state index is 0.114. The Bertz CT molecular complexity index is 223. The first-order valence-electron chi connectivity index (χ1n) is 4.34. The molecule has 2 N–H and O–H groups in total. The van der Waals surface area contributed by atoms with E-state index in [1.54, 1.807) is 0 Å². The summed E-state index contributed by atoms with van der Waals surface area (Å²) in [5.74, 6) is 0.102. The van der Waals surface area contributed by atoms with Crippen molar-refractivity contribution in [1.82, 2.24) is 10.6 Å². The summed E-state index contributed by atoms with van der Waals surface area (Å²) in [5, 5.41) is 5.30. The Balaban J connectivity index is 1.97. The normalized spacial score (nSPS) is 31.2. The summed E-state index contributed by atoms with van der Waals surface area (Å²) in [6.45, 7) is 0.285. The summed E-state index contributed by atoms with van der Waals surface area (Å²) in [6, 6.07) is -0.114. The molecule has 4 heteroatoms. The van der Waals surface area contributed by atoms with Crippen molar-refractivity contribution >= 4 is 11.8 Å². The third-order valence-corrected chi connectivity index (χ3v) is 2.65. The predicted molar refractivity (Wildman–Crippen MR) is 42.3 cm³/mol. The fraction of sp³-hybridized carbons (Fsp3) is 0.750. The van der Waals surface area contributed by atoms with Crippen LogP contribution in [0.15, 0.2) is 0 Å². The van der Waals surface area contributed by atoms with Gasteiger partial charge in [0, 0.05) is 0 Å². The molecule has 1 aliphatic heterocycles. The summed E-state index contributed by atoms with van der Waals surface area (Å²) in [4.78, 5) is 22.0. The van der Waals surface area contributed by atoms with E-state index in [1.807, 2.05) is 0 Å². The van der Waals surface area contributed by atoms with E-state index >= 15 is 0 Å². The summed E-state index contributed by atoms with van der Waals surface area (Å²) >= 11 is 0. The molecule has 0 bridgehead atoms. The van der Waals surface area contributed by atoms with Crippen LogP contribution in [0.3, 0.4) is 0 Å². The fourth-order valence-corrected chi connectivity index (χ4v) is 1.71. The lowest BCUT2D eigenvalue weighted by atomic mass is 9.79. The second-order valence-electron chi connectivity index (χ2n) is 3.46.